The van der Waals surface area contributed by atoms with Crippen molar-refractivity contribution in [1.82, 2.24) is 9.97 Å². The van der Waals surface area contributed by atoms with Crippen LogP contribution in [0.25, 0.3) is 11.1 Å². The Labute approximate surface area is 205 Å². The summed E-state index contributed by atoms with van der Waals surface area (Å²) in [6.45, 7) is 6.47. The van der Waals surface area contributed by atoms with Gasteiger partial charge in [-0.1, -0.05) is 38.1 Å². The minimum absolute atomic E-state index is 0.0779. The predicted molar refractivity (Wildman–Crippen MR) is 134 cm³/mol. The van der Waals surface area contributed by atoms with Crippen molar-refractivity contribution in [2.45, 2.75) is 57.7 Å². The van der Waals surface area contributed by atoms with E-state index in [1.807, 2.05) is 37.3 Å². The third-order valence-corrected chi connectivity index (χ3v) is 7.22. The standard InChI is InChI=1S/C28H30N4O3/c1-26(2)8-6-18(7-9-26)22-12-19(20-13-27(3)10-11-28(14-20,17-33)35-27)4-5-23(22)32-25(34)24-30-16-21(15-29)31-24/h4-6,10-13,16,33H,7-9,14,17H2,1-3H3,(H,30,31)(H,32,34)/t27-,28+/m1/s1. The summed E-state index contributed by atoms with van der Waals surface area (Å²) in [5, 5.41) is 22.0. The molecule has 1 amide bonds. The van der Waals surface area contributed by atoms with Crippen LogP contribution < -0.4 is 5.32 Å². The van der Waals surface area contributed by atoms with Crippen LogP contribution in [-0.4, -0.2) is 38.8 Å². The van der Waals surface area contributed by atoms with Gasteiger partial charge in [-0.25, -0.2) is 4.98 Å². The maximum Gasteiger partial charge on any atom is 0.291 e. The van der Waals surface area contributed by atoms with Gasteiger partial charge in [0.25, 0.3) is 5.91 Å². The second kappa shape index (κ2) is 8.33. The normalized spacial score (nSPS) is 26.6. The fourth-order valence-corrected chi connectivity index (χ4v) is 5.16. The number of aliphatic hydroxyl groups is 1. The van der Waals surface area contributed by atoms with E-state index in [1.165, 1.54) is 11.8 Å². The fourth-order valence-electron chi connectivity index (χ4n) is 5.16. The first-order chi connectivity index (χ1) is 16.6. The largest absolute Gasteiger partial charge is 0.393 e. The number of ether oxygens (including phenoxy) is 1. The summed E-state index contributed by atoms with van der Waals surface area (Å²) in [5.74, 6) is -0.292. The van der Waals surface area contributed by atoms with E-state index in [1.54, 1.807) is 0 Å². The van der Waals surface area contributed by atoms with Crippen molar-refractivity contribution in [1.29, 1.82) is 5.26 Å². The van der Waals surface area contributed by atoms with Crippen LogP contribution in [0.3, 0.4) is 0 Å². The Morgan fingerprint density at radius 2 is 2.11 bits per heavy atom. The number of hydrogen-bond donors (Lipinski definition) is 3. The van der Waals surface area contributed by atoms with E-state index < -0.39 is 17.1 Å². The van der Waals surface area contributed by atoms with Gasteiger partial charge in [0.05, 0.1) is 6.61 Å². The van der Waals surface area contributed by atoms with E-state index in [-0.39, 0.29) is 23.5 Å². The molecule has 7 nitrogen and oxygen atoms in total. The van der Waals surface area contributed by atoms with Gasteiger partial charge in [-0.2, -0.15) is 5.26 Å². The number of allylic oxidation sites excluding steroid dienone is 2. The molecule has 2 bridgehead atoms. The molecule has 0 spiro atoms. The molecule has 3 aliphatic rings. The van der Waals surface area contributed by atoms with Gasteiger partial charge in [0.2, 0.25) is 0 Å². The van der Waals surface area contributed by atoms with E-state index >= 15 is 0 Å². The highest BCUT2D eigenvalue weighted by atomic mass is 16.5. The minimum atomic E-state index is -0.697. The Morgan fingerprint density at radius 1 is 1.29 bits per heavy atom. The van der Waals surface area contributed by atoms with E-state index in [9.17, 15) is 9.90 Å². The average molecular weight is 471 g/mol. The smallest absolute Gasteiger partial charge is 0.291 e. The molecule has 5 rings (SSSR count). The van der Waals surface area contributed by atoms with Crippen LogP contribution in [-0.2, 0) is 4.74 Å². The molecule has 1 aromatic heterocycles. The summed E-state index contributed by atoms with van der Waals surface area (Å²) in [4.78, 5) is 19.7. The van der Waals surface area contributed by atoms with E-state index in [0.29, 0.717) is 12.1 Å². The van der Waals surface area contributed by atoms with Crippen LogP contribution in [0.5, 0.6) is 0 Å². The molecular formula is C28H30N4O3. The Hall–Kier alpha value is -3.47. The SMILES string of the molecule is CC1(C)CC=C(c2cc(C3=C[C@@]4(C)C=C[C@@](CO)(C3)O4)ccc2NC(=O)c2nc(C#N)c[nH]2)CC1. The van der Waals surface area contributed by atoms with Crippen molar-refractivity contribution in [3.63, 3.8) is 0 Å². The lowest BCUT2D eigenvalue weighted by molar-refractivity contribution is -0.0848. The molecule has 0 radical (unpaired) electrons. The number of benzene rings is 1. The number of nitrogens with one attached hydrogen (secondary N) is 2. The van der Waals surface area contributed by atoms with Gasteiger partial charge in [-0.3, -0.25) is 4.79 Å². The zero-order chi connectivity index (χ0) is 24.8. The zero-order valence-electron chi connectivity index (χ0n) is 20.3. The first-order valence-electron chi connectivity index (χ1n) is 12.0. The Kier molecular flexibility index (Phi) is 5.54. The number of nitrogens with zero attached hydrogens (tertiary/aromatic N) is 2. The van der Waals surface area contributed by atoms with E-state index in [0.717, 1.165) is 36.0 Å². The van der Waals surface area contributed by atoms with Crippen molar-refractivity contribution < 1.29 is 14.6 Å². The summed E-state index contributed by atoms with van der Waals surface area (Å²) < 4.78 is 6.14. The molecule has 0 unspecified atom stereocenters. The highest BCUT2D eigenvalue weighted by Gasteiger charge is 2.45. The van der Waals surface area contributed by atoms with Crippen molar-refractivity contribution >= 4 is 22.7 Å². The number of aliphatic hydroxyl groups excluding tert-OH is 1. The second-order valence-corrected chi connectivity index (χ2v) is 10.7. The monoisotopic (exact) mass is 470 g/mol. The van der Waals surface area contributed by atoms with Gasteiger partial charge in [-0.15, -0.1) is 0 Å². The quantitative estimate of drug-likeness (QED) is 0.533. The fraction of sp³-hybridized carbons (Fsp3) is 0.393. The number of H-pyrrole nitrogens is 1. The Bertz CT molecular complexity index is 1330. The van der Waals surface area contributed by atoms with Gasteiger partial charge in [-0.05, 0) is 66.5 Å². The van der Waals surface area contributed by atoms with Gasteiger partial charge in [0.1, 0.15) is 17.3 Å². The van der Waals surface area contributed by atoms with Crippen molar-refractivity contribution in [3.05, 3.63) is 71.3 Å². The van der Waals surface area contributed by atoms with Gasteiger partial charge in [0.15, 0.2) is 11.5 Å². The number of carbonyl (C=O) groups excluding carboxylic acids is 1. The number of carbonyl (C=O) groups is 1. The number of amides is 1. The summed E-state index contributed by atoms with van der Waals surface area (Å²) in [6, 6.07) is 7.99. The number of fused-ring (bicyclic) bond motifs is 2. The summed E-state index contributed by atoms with van der Waals surface area (Å²) >= 11 is 0. The molecule has 2 atom stereocenters. The molecule has 180 valence electrons. The predicted octanol–water partition coefficient (Wildman–Crippen LogP) is 4.99. The first-order valence-corrected chi connectivity index (χ1v) is 12.0. The third kappa shape index (κ3) is 4.47. The van der Waals surface area contributed by atoms with E-state index in [2.05, 4.69) is 47.4 Å². The molecular weight excluding hydrogens is 440 g/mol. The summed E-state index contributed by atoms with van der Waals surface area (Å²) in [6.07, 6.45) is 13.3. The lowest BCUT2D eigenvalue weighted by Gasteiger charge is -2.37. The summed E-state index contributed by atoms with van der Waals surface area (Å²) in [5.41, 5.74) is 4.23. The molecule has 0 fully saturated rings. The zero-order valence-corrected chi connectivity index (χ0v) is 20.3. The molecule has 2 aliphatic heterocycles. The van der Waals surface area contributed by atoms with Crippen LogP contribution in [0.4, 0.5) is 5.69 Å². The molecule has 2 aromatic rings. The highest BCUT2D eigenvalue weighted by molar-refractivity contribution is 6.03. The molecule has 0 saturated carbocycles. The third-order valence-electron chi connectivity index (χ3n) is 7.22. The van der Waals surface area contributed by atoms with Crippen LogP contribution in [0, 0.1) is 16.7 Å². The van der Waals surface area contributed by atoms with Crippen molar-refractivity contribution in [3.8, 4) is 6.07 Å². The molecule has 1 aliphatic carbocycles. The van der Waals surface area contributed by atoms with Gasteiger partial charge >= 0.3 is 0 Å². The topological polar surface area (TPSA) is 111 Å². The van der Waals surface area contributed by atoms with Crippen LogP contribution in [0.1, 0.15) is 73.9 Å². The number of hydrogen-bond acceptors (Lipinski definition) is 5. The maximum absolute atomic E-state index is 12.9. The van der Waals surface area contributed by atoms with Crippen molar-refractivity contribution in [2.24, 2.45) is 5.41 Å². The lowest BCUT2D eigenvalue weighted by atomic mass is 9.76. The van der Waals surface area contributed by atoms with Gasteiger partial charge < -0.3 is 20.1 Å². The summed E-state index contributed by atoms with van der Waals surface area (Å²) in [7, 11) is 0. The van der Waals surface area contributed by atoms with Crippen LogP contribution in [0.15, 0.2) is 48.7 Å². The van der Waals surface area contributed by atoms with Crippen LogP contribution >= 0.6 is 0 Å². The number of rotatable bonds is 5. The average Bonchev–Trinajstić information content (AvgIpc) is 3.41. The van der Waals surface area contributed by atoms with Gasteiger partial charge in [0, 0.05) is 23.9 Å². The molecule has 0 saturated heterocycles. The maximum atomic E-state index is 12.9. The number of aromatic nitrogens is 2. The Morgan fingerprint density at radius 3 is 2.80 bits per heavy atom. The number of imidazole rings is 1. The molecule has 35 heavy (non-hydrogen) atoms. The molecule has 1 aromatic carbocycles. The molecule has 7 heteroatoms. The second-order valence-electron chi connectivity index (χ2n) is 10.7. The number of nitriles is 1. The number of anilines is 1. The van der Waals surface area contributed by atoms with Crippen molar-refractivity contribution in [2.75, 3.05) is 11.9 Å². The lowest BCUT2D eigenvalue weighted by Crippen LogP contribution is -2.40. The highest BCUT2D eigenvalue weighted by Crippen LogP contribution is 2.46. The molecule has 3 heterocycles. The van der Waals surface area contributed by atoms with Crippen LogP contribution in [0.2, 0.25) is 0 Å². The Balaban J connectivity index is 1.52. The van der Waals surface area contributed by atoms with E-state index in [4.69, 9.17) is 10.00 Å². The number of aromatic amines is 1. The minimum Gasteiger partial charge on any atom is -0.393 e. The molecule has 3 N–H and O–H groups in total. The first kappa shape index (κ1) is 23.3.